The molecule has 5 heteroatoms. The van der Waals surface area contributed by atoms with E-state index in [0.717, 1.165) is 11.1 Å². The Bertz CT molecular complexity index is 793. The number of nitro groups is 1. The van der Waals surface area contributed by atoms with Crippen molar-refractivity contribution in [2.75, 3.05) is 6.61 Å². The van der Waals surface area contributed by atoms with Gasteiger partial charge in [-0.1, -0.05) is 36.4 Å². The second kappa shape index (κ2) is 5.38. The van der Waals surface area contributed by atoms with Gasteiger partial charge in [0.15, 0.2) is 0 Å². The molecule has 0 amide bonds. The predicted octanol–water partition coefficient (Wildman–Crippen LogP) is 3.54. The van der Waals surface area contributed by atoms with Crippen molar-refractivity contribution in [1.29, 1.82) is 0 Å². The summed E-state index contributed by atoms with van der Waals surface area (Å²) in [4.78, 5) is 10.7. The fourth-order valence-electron chi connectivity index (χ4n) is 2.43. The standard InChI is InChI=1S/C16H13NO4/c18-9-8-11-6-7-14-13(10-11)15(16(21-14)17(19)20)12-4-2-1-3-5-12/h1-7,10,18H,8-9H2. The molecule has 0 aliphatic rings. The molecule has 0 bridgehead atoms. The Morgan fingerprint density at radius 3 is 2.57 bits per heavy atom. The highest BCUT2D eigenvalue weighted by molar-refractivity contribution is 5.98. The molecule has 2 aromatic carbocycles. The summed E-state index contributed by atoms with van der Waals surface area (Å²) < 4.78 is 5.39. The molecule has 0 saturated carbocycles. The van der Waals surface area contributed by atoms with Gasteiger partial charge in [-0.15, -0.1) is 0 Å². The number of rotatable bonds is 4. The van der Waals surface area contributed by atoms with Gasteiger partial charge >= 0.3 is 5.88 Å². The van der Waals surface area contributed by atoms with Crippen molar-refractivity contribution in [3.63, 3.8) is 0 Å². The first-order valence-electron chi connectivity index (χ1n) is 6.57. The SMILES string of the molecule is O=[N+]([O-])c1oc2ccc(CCO)cc2c1-c1ccccc1. The van der Waals surface area contributed by atoms with E-state index in [4.69, 9.17) is 9.52 Å². The highest BCUT2D eigenvalue weighted by atomic mass is 16.6. The molecule has 0 spiro atoms. The summed E-state index contributed by atoms with van der Waals surface area (Å²) >= 11 is 0. The van der Waals surface area contributed by atoms with Crippen molar-refractivity contribution in [1.82, 2.24) is 0 Å². The molecule has 106 valence electrons. The summed E-state index contributed by atoms with van der Waals surface area (Å²) in [5.41, 5.74) is 2.61. The van der Waals surface area contributed by atoms with Crippen LogP contribution >= 0.6 is 0 Å². The quantitative estimate of drug-likeness (QED) is 0.587. The van der Waals surface area contributed by atoms with E-state index in [-0.39, 0.29) is 12.5 Å². The molecule has 1 aromatic heterocycles. The van der Waals surface area contributed by atoms with Crippen LogP contribution < -0.4 is 0 Å². The lowest BCUT2D eigenvalue weighted by Crippen LogP contribution is -1.90. The van der Waals surface area contributed by atoms with Crippen LogP contribution in [-0.4, -0.2) is 16.6 Å². The van der Waals surface area contributed by atoms with Crippen LogP contribution in [0, 0.1) is 10.1 Å². The van der Waals surface area contributed by atoms with Crippen molar-refractivity contribution in [2.24, 2.45) is 0 Å². The number of fused-ring (bicyclic) bond motifs is 1. The van der Waals surface area contributed by atoms with Gasteiger partial charge in [0.25, 0.3) is 0 Å². The third-order valence-corrected chi connectivity index (χ3v) is 3.36. The Labute approximate surface area is 120 Å². The number of hydrogen-bond acceptors (Lipinski definition) is 4. The van der Waals surface area contributed by atoms with Crippen molar-refractivity contribution >= 4 is 16.9 Å². The van der Waals surface area contributed by atoms with E-state index in [0.29, 0.717) is 23.0 Å². The smallest absolute Gasteiger partial charge is 0.400 e. The van der Waals surface area contributed by atoms with Crippen molar-refractivity contribution < 1.29 is 14.4 Å². The average molecular weight is 283 g/mol. The van der Waals surface area contributed by atoms with Gasteiger partial charge in [0, 0.05) is 12.0 Å². The molecule has 1 N–H and O–H groups in total. The Hall–Kier alpha value is -2.66. The van der Waals surface area contributed by atoms with Crippen LogP contribution in [0.25, 0.3) is 22.1 Å². The van der Waals surface area contributed by atoms with Gasteiger partial charge in [0.05, 0.1) is 0 Å². The third-order valence-electron chi connectivity index (χ3n) is 3.36. The first-order valence-corrected chi connectivity index (χ1v) is 6.57. The molecule has 0 saturated heterocycles. The molecular weight excluding hydrogens is 270 g/mol. The normalized spacial score (nSPS) is 10.9. The fourth-order valence-corrected chi connectivity index (χ4v) is 2.43. The van der Waals surface area contributed by atoms with Crippen LogP contribution in [0.15, 0.2) is 52.9 Å². The van der Waals surface area contributed by atoms with Crippen molar-refractivity contribution in [3.8, 4) is 11.1 Å². The Balaban J connectivity index is 2.29. The van der Waals surface area contributed by atoms with Crippen molar-refractivity contribution in [3.05, 3.63) is 64.2 Å². The minimum atomic E-state index is -0.506. The topological polar surface area (TPSA) is 76.5 Å². The molecular formula is C16H13NO4. The summed E-state index contributed by atoms with van der Waals surface area (Å²) in [6.45, 7) is 0.0339. The Morgan fingerprint density at radius 1 is 1.14 bits per heavy atom. The van der Waals surface area contributed by atoms with Gasteiger partial charge in [-0.25, -0.2) is 0 Å². The van der Waals surface area contributed by atoms with Crippen LogP contribution in [0.5, 0.6) is 0 Å². The minimum Gasteiger partial charge on any atom is -0.400 e. The Morgan fingerprint density at radius 2 is 1.90 bits per heavy atom. The van der Waals surface area contributed by atoms with Gasteiger partial charge in [-0.2, -0.15) is 0 Å². The maximum Gasteiger partial charge on any atom is 0.442 e. The maximum atomic E-state index is 11.2. The van der Waals surface area contributed by atoms with Gasteiger partial charge in [-0.3, -0.25) is 10.1 Å². The number of nitrogens with zero attached hydrogens (tertiary/aromatic N) is 1. The largest absolute Gasteiger partial charge is 0.442 e. The lowest BCUT2D eigenvalue weighted by Gasteiger charge is -2.00. The molecule has 5 nitrogen and oxygen atoms in total. The predicted molar refractivity (Wildman–Crippen MR) is 79.1 cm³/mol. The van der Waals surface area contributed by atoms with Gasteiger partial charge in [0.1, 0.15) is 16.1 Å². The fraction of sp³-hybridized carbons (Fsp3) is 0.125. The molecule has 0 aliphatic heterocycles. The van der Waals surface area contributed by atoms with Crippen LogP contribution in [0.2, 0.25) is 0 Å². The highest BCUT2D eigenvalue weighted by Gasteiger charge is 2.25. The van der Waals surface area contributed by atoms with E-state index >= 15 is 0 Å². The van der Waals surface area contributed by atoms with E-state index in [1.165, 1.54) is 0 Å². The summed E-state index contributed by atoms with van der Waals surface area (Å²) in [6, 6.07) is 14.5. The maximum absolute atomic E-state index is 11.2. The number of hydrogen-bond donors (Lipinski definition) is 1. The third kappa shape index (κ3) is 2.39. The van der Waals surface area contributed by atoms with Gasteiger partial charge < -0.3 is 9.52 Å². The van der Waals surface area contributed by atoms with E-state index in [1.54, 1.807) is 12.1 Å². The van der Waals surface area contributed by atoms with E-state index in [9.17, 15) is 10.1 Å². The zero-order chi connectivity index (χ0) is 14.8. The second-order valence-corrected chi connectivity index (χ2v) is 4.71. The highest BCUT2D eigenvalue weighted by Crippen LogP contribution is 2.39. The van der Waals surface area contributed by atoms with Gasteiger partial charge in [-0.05, 0) is 29.7 Å². The van der Waals surface area contributed by atoms with Gasteiger partial charge in [0.2, 0.25) is 0 Å². The summed E-state index contributed by atoms with van der Waals surface area (Å²) in [6.07, 6.45) is 0.503. The molecule has 0 fully saturated rings. The molecule has 0 unspecified atom stereocenters. The van der Waals surface area contributed by atoms with Crippen LogP contribution in [0.3, 0.4) is 0 Å². The first-order chi connectivity index (χ1) is 10.2. The van der Waals surface area contributed by atoms with Crippen LogP contribution in [-0.2, 0) is 6.42 Å². The molecule has 0 radical (unpaired) electrons. The number of furan rings is 1. The summed E-state index contributed by atoms with van der Waals surface area (Å²) in [5.74, 6) is -0.252. The molecule has 21 heavy (non-hydrogen) atoms. The summed E-state index contributed by atoms with van der Waals surface area (Å²) in [5, 5.41) is 21.0. The van der Waals surface area contributed by atoms with Crippen LogP contribution in [0.1, 0.15) is 5.56 Å². The monoisotopic (exact) mass is 283 g/mol. The Kier molecular flexibility index (Phi) is 3.41. The molecule has 1 heterocycles. The first kappa shape index (κ1) is 13.3. The lowest BCUT2D eigenvalue weighted by atomic mass is 10.0. The van der Waals surface area contributed by atoms with Crippen molar-refractivity contribution in [2.45, 2.75) is 6.42 Å². The van der Waals surface area contributed by atoms with Crippen LogP contribution in [0.4, 0.5) is 5.88 Å². The summed E-state index contributed by atoms with van der Waals surface area (Å²) in [7, 11) is 0. The molecule has 3 aromatic rings. The molecule has 3 rings (SSSR count). The number of aliphatic hydroxyl groups excluding tert-OH is 1. The van der Waals surface area contributed by atoms with E-state index < -0.39 is 4.92 Å². The lowest BCUT2D eigenvalue weighted by molar-refractivity contribution is -0.400. The zero-order valence-electron chi connectivity index (χ0n) is 11.2. The zero-order valence-corrected chi connectivity index (χ0v) is 11.2. The number of aliphatic hydroxyl groups is 1. The average Bonchev–Trinajstić information content (AvgIpc) is 2.87. The van der Waals surface area contributed by atoms with E-state index in [2.05, 4.69) is 0 Å². The van der Waals surface area contributed by atoms with E-state index in [1.807, 2.05) is 36.4 Å². The number of benzene rings is 2. The second-order valence-electron chi connectivity index (χ2n) is 4.71. The molecule has 0 aliphatic carbocycles. The minimum absolute atomic E-state index is 0.0339. The molecule has 0 atom stereocenters.